The second-order valence-corrected chi connectivity index (χ2v) is 7.79. The van der Waals surface area contributed by atoms with Gasteiger partial charge in [0.05, 0.1) is 18.5 Å². The van der Waals surface area contributed by atoms with Crippen molar-refractivity contribution in [2.75, 3.05) is 17.1 Å². The SMILES string of the molecule is C=CCNC(=O)c1ccc(CN(c2cccc(Cl)c2)S(C)(=O)=O)cc1. The van der Waals surface area contributed by atoms with Crippen LogP contribution in [0.25, 0.3) is 0 Å². The molecule has 7 heteroatoms. The van der Waals surface area contributed by atoms with E-state index < -0.39 is 10.0 Å². The predicted molar refractivity (Wildman–Crippen MR) is 101 cm³/mol. The first-order chi connectivity index (χ1) is 11.8. The van der Waals surface area contributed by atoms with Crippen molar-refractivity contribution < 1.29 is 13.2 Å². The van der Waals surface area contributed by atoms with E-state index in [9.17, 15) is 13.2 Å². The minimum absolute atomic E-state index is 0.147. The number of nitrogens with zero attached hydrogens (tertiary/aromatic N) is 1. The van der Waals surface area contributed by atoms with Crippen molar-refractivity contribution in [2.45, 2.75) is 6.54 Å². The molecule has 2 rings (SSSR count). The van der Waals surface area contributed by atoms with Gasteiger partial charge in [-0.2, -0.15) is 0 Å². The van der Waals surface area contributed by atoms with Crippen molar-refractivity contribution in [2.24, 2.45) is 0 Å². The first kappa shape index (κ1) is 19.0. The largest absolute Gasteiger partial charge is 0.349 e. The number of halogens is 1. The minimum atomic E-state index is -3.49. The van der Waals surface area contributed by atoms with E-state index in [0.29, 0.717) is 22.8 Å². The Morgan fingerprint density at radius 1 is 1.24 bits per heavy atom. The highest BCUT2D eigenvalue weighted by Gasteiger charge is 2.18. The minimum Gasteiger partial charge on any atom is -0.349 e. The fourth-order valence-electron chi connectivity index (χ4n) is 2.23. The van der Waals surface area contributed by atoms with Gasteiger partial charge in [0.1, 0.15) is 0 Å². The van der Waals surface area contributed by atoms with E-state index in [-0.39, 0.29) is 12.5 Å². The van der Waals surface area contributed by atoms with E-state index in [1.54, 1.807) is 54.6 Å². The quantitative estimate of drug-likeness (QED) is 0.752. The summed E-state index contributed by atoms with van der Waals surface area (Å²) in [4.78, 5) is 11.9. The van der Waals surface area contributed by atoms with Gasteiger partial charge >= 0.3 is 0 Å². The summed E-state index contributed by atoms with van der Waals surface area (Å²) in [7, 11) is -3.49. The summed E-state index contributed by atoms with van der Waals surface area (Å²) in [5.74, 6) is -0.207. The van der Waals surface area contributed by atoms with Gasteiger partial charge in [0.15, 0.2) is 0 Å². The Morgan fingerprint density at radius 3 is 2.48 bits per heavy atom. The molecule has 0 spiro atoms. The lowest BCUT2D eigenvalue weighted by Crippen LogP contribution is -2.29. The zero-order chi connectivity index (χ0) is 18.4. The van der Waals surface area contributed by atoms with Gasteiger partial charge in [0.25, 0.3) is 5.91 Å². The molecule has 0 fully saturated rings. The zero-order valence-electron chi connectivity index (χ0n) is 13.8. The molecule has 0 radical (unpaired) electrons. The molecule has 0 saturated heterocycles. The number of benzene rings is 2. The van der Waals surface area contributed by atoms with Gasteiger partial charge in [-0.1, -0.05) is 35.9 Å². The van der Waals surface area contributed by atoms with E-state index in [4.69, 9.17) is 11.6 Å². The van der Waals surface area contributed by atoms with Crippen molar-refractivity contribution >= 4 is 33.2 Å². The Bertz CT molecular complexity index is 864. The maximum Gasteiger partial charge on any atom is 0.251 e. The van der Waals surface area contributed by atoms with Gasteiger partial charge in [-0.25, -0.2) is 8.42 Å². The molecule has 0 bridgehead atoms. The average Bonchev–Trinajstić information content (AvgIpc) is 2.57. The molecule has 5 nitrogen and oxygen atoms in total. The molecule has 1 N–H and O–H groups in total. The molecular formula is C18H19ClN2O3S. The van der Waals surface area contributed by atoms with Gasteiger partial charge in [0.2, 0.25) is 10.0 Å². The molecule has 0 unspecified atom stereocenters. The van der Waals surface area contributed by atoms with Crippen LogP contribution in [-0.4, -0.2) is 27.1 Å². The van der Waals surface area contributed by atoms with Crippen LogP contribution >= 0.6 is 11.6 Å². The number of amides is 1. The van der Waals surface area contributed by atoms with E-state index in [0.717, 1.165) is 11.8 Å². The number of sulfonamides is 1. The summed E-state index contributed by atoms with van der Waals surface area (Å²) in [5.41, 5.74) is 1.74. The standard InChI is InChI=1S/C18H19ClN2O3S/c1-3-11-20-18(22)15-9-7-14(8-10-15)13-21(25(2,23)24)17-6-4-5-16(19)12-17/h3-10,12H,1,11,13H2,2H3,(H,20,22). The maximum atomic E-state index is 12.2. The number of anilines is 1. The van der Waals surface area contributed by atoms with Crippen LogP contribution < -0.4 is 9.62 Å². The van der Waals surface area contributed by atoms with E-state index >= 15 is 0 Å². The van der Waals surface area contributed by atoms with Crippen molar-refractivity contribution in [3.8, 4) is 0 Å². The van der Waals surface area contributed by atoms with Gasteiger partial charge in [-0.15, -0.1) is 6.58 Å². The number of hydrogen-bond donors (Lipinski definition) is 1. The summed E-state index contributed by atoms with van der Waals surface area (Å²) in [6.45, 7) is 4.08. The Balaban J connectivity index is 2.22. The number of carbonyl (C=O) groups is 1. The van der Waals surface area contributed by atoms with Crippen LogP contribution in [0.15, 0.2) is 61.2 Å². The molecule has 0 heterocycles. The second-order valence-electron chi connectivity index (χ2n) is 5.45. The molecule has 0 saturated carbocycles. The Labute approximate surface area is 153 Å². The summed E-state index contributed by atoms with van der Waals surface area (Å²) in [6, 6.07) is 13.4. The number of hydrogen-bond acceptors (Lipinski definition) is 3. The summed E-state index contributed by atoms with van der Waals surface area (Å²) >= 11 is 5.97. The van der Waals surface area contributed by atoms with Crippen LogP contribution in [0.3, 0.4) is 0 Å². The van der Waals surface area contributed by atoms with Crippen molar-refractivity contribution in [1.82, 2.24) is 5.32 Å². The van der Waals surface area contributed by atoms with Crippen molar-refractivity contribution in [1.29, 1.82) is 0 Å². The van der Waals surface area contributed by atoms with Crippen LogP contribution in [0, 0.1) is 0 Å². The van der Waals surface area contributed by atoms with Crippen LogP contribution in [0.2, 0.25) is 5.02 Å². The molecule has 0 aliphatic heterocycles. The van der Waals surface area contributed by atoms with Gasteiger partial charge in [-0.3, -0.25) is 9.10 Å². The molecule has 1 amide bonds. The third kappa shape index (κ3) is 5.34. The van der Waals surface area contributed by atoms with Crippen molar-refractivity contribution in [3.63, 3.8) is 0 Å². The Hall–Kier alpha value is -2.31. The first-order valence-corrected chi connectivity index (χ1v) is 9.75. The lowest BCUT2D eigenvalue weighted by atomic mass is 10.1. The zero-order valence-corrected chi connectivity index (χ0v) is 15.3. The van der Waals surface area contributed by atoms with Gasteiger partial charge in [-0.05, 0) is 35.9 Å². The summed E-state index contributed by atoms with van der Waals surface area (Å²) in [6.07, 6.45) is 2.74. The first-order valence-electron chi connectivity index (χ1n) is 7.52. The lowest BCUT2D eigenvalue weighted by molar-refractivity contribution is 0.0958. The normalized spacial score (nSPS) is 11.0. The van der Waals surface area contributed by atoms with Crippen LogP contribution in [0.5, 0.6) is 0 Å². The third-order valence-corrected chi connectivity index (χ3v) is 4.82. The molecule has 2 aromatic rings. The molecule has 0 aromatic heterocycles. The predicted octanol–water partition coefficient (Wildman–Crippen LogP) is 3.22. The maximum absolute atomic E-state index is 12.2. The highest BCUT2D eigenvalue weighted by atomic mass is 35.5. The molecule has 2 aromatic carbocycles. The number of nitrogens with one attached hydrogen (secondary N) is 1. The summed E-state index contributed by atoms with van der Waals surface area (Å²) in [5, 5.41) is 3.15. The molecule has 132 valence electrons. The number of carbonyl (C=O) groups excluding carboxylic acids is 1. The Kier molecular flexibility index (Phi) is 6.22. The van der Waals surface area contributed by atoms with E-state index in [2.05, 4.69) is 11.9 Å². The monoisotopic (exact) mass is 378 g/mol. The van der Waals surface area contributed by atoms with Crippen LogP contribution in [0.1, 0.15) is 15.9 Å². The van der Waals surface area contributed by atoms with E-state index in [1.165, 1.54) is 4.31 Å². The smallest absolute Gasteiger partial charge is 0.251 e. The third-order valence-electron chi connectivity index (χ3n) is 3.45. The van der Waals surface area contributed by atoms with Gasteiger partial charge in [0, 0.05) is 17.1 Å². The lowest BCUT2D eigenvalue weighted by Gasteiger charge is -2.22. The molecule has 0 atom stereocenters. The Morgan fingerprint density at radius 2 is 1.92 bits per heavy atom. The molecule has 25 heavy (non-hydrogen) atoms. The van der Waals surface area contributed by atoms with E-state index in [1.807, 2.05) is 0 Å². The summed E-state index contributed by atoms with van der Waals surface area (Å²) < 4.78 is 25.6. The fraction of sp³-hybridized carbons (Fsp3) is 0.167. The van der Waals surface area contributed by atoms with Gasteiger partial charge < -0.3 is 5.32 Å². The highest BCUT2D eigenvalue weighted by Crippen LogP contribution is 2.24. The molecule has 0 aliphatic carbocycles. The topological polar surface area (TPSA) is 66.5 Å². The molecular weight excluding hydrogens is 360 g/mol. The van der Waals surface area contributed by atoms with Crippen molar-refractivity contribution in [3.05, 3.63) is 77.3 Å². The fourth-order valence-corrected chi connectivity index (χ4v) is 3.29. The molecule has 0 aliphatic rings. The average molecular weight is 379 g/mol. The highest BCUT2D eigenvalue weighted by molar-refractivity contribution is 7.92. The van der Waals surface area contributed by atoms with Crippen LogP contribution in [0.4, 0.5) is 5.69 Å². The second kappa shape index (κ2) is 8.18. The van der Waals surface area contributed by atoms with Crippen LogP contribution in [-0.2, 0) is 16.6 Å². The number of rotatable bonds is 7.